The molecule has 0 aliphatic rings. The molecule has 1 amide bonds. The molecule has 0 aliphatic carbocycles. The second kappa shape index (κ2) is 13.6. The van der Waals surface area contributed by atoms with E-state index in [4.69, 9.17) is 19.0 Å². The second-order valence-electron chi connectivity index (χ2n) is 9.20. The van der Waals surface area contributed by atoms with Crippen LogP contribution < -0.4 is 10.1 Å². The van der Waals surface area contributed by atoms with Crippen LogP contribution in [0.3, 0.4) is 0 Å². The maximum atomic E-state index is 13.2. The summed E-state index contributed by atoms with van der Waals surface area (Å²) in [6.07, 6.45) is 1.42. The molecule has 8 heteroatoms. The minimum Gasteiger partial charge on any atom is -0.493 e. The molecule has 0 aliphatic heterocycles. The van der Waals surface area contributed by atoms with Crippen molar-refractivity contribution in [2.75, 3.05) is 26.9 Å². The summed E-state index contributed by atoms with van der Waals surface area (Å²) in [6.45, 7) is -0.185. The molecule has 0 unspecified atom stereocenters. The number of ether oxygens (including phenoxy) is 2. The van der Waals surface area contributed by atoms with E-state index in [0.29, 0.717) is 47.3 Å². The largest absolute Gasteiger partial charge is 0.493 e. The standard InChI is InChI=1S/C31H33NO7/c1-37-26-19-22(13-14-27(35)32-24(20-34)17-21-9-4-2-5-10-21)18-25-28(31(36)38-16-8-15-33)29(39-30(25)26)23-11-6-3-7-12-23/h2-7,9-12,18-19,24,33-34H,8,13-17,20H2,1H3,(H,32,35)/t24-/m0/s1. The maximum Gasteiger partial charge on any atom is 0.342 e. The molecule has 204 valence electrons. The Hall–Kier alpha value is -4.14. The van der Waals surface area contributed by atoms with E-state index in [-0.39, 0.29) is 43.8 Å². The zero-order chi connectivity index (χ0) is 27.6. The van der Waals surface area contributed by atoms with Crippen molar-refractivity contribution in [1.82, 2.24) is 5.32 Å². The van der Waals surface area contributed by atoms with Gasteiger partial charge in [0, 0.05) is 30.4 Å². The summed E-state index contributed by atoms with van der Waals surface area (Å²) >= 11 is 0. The third-order valence-electron chi connectivity index (χ3n) is 6.36. The van der Waals surface area contributed by atoms with Crippen LogP contribution in [0.2, 0.25) is 0 Å². The summed E-state index contributed by atoms with van der Waals surface area (Å²) in [6, 6.07) is 22.1. The van der Waals surface area contributed by atoms with Gasteiger partial charge in [-0.05, 0) is 36.1 Å². The lowest BCUT2D eigenvalue weighted by Crippen LogP contribution is -2.39. The molecular weight excluding hydrogens is 498 g/mol. The van der Waals surface area contributed by atoms with Crippen molar-refractivity contribution >= 4 is 22.8 Å². The Balaban J connectivity index is 1.58. The first-order valence-electron chi connectivity index (χ1n) is 12.9. The number of nitrogens with one attached hydrogen (secondary N) is 1. The number of aliphatic hydroxyl groups excluding tert-OH is 2. The minimum atomic E-state index is -0.565. The van der Waals surface area contributed by atoms with Crippen LogP contribution in [-0.4, -0.2) is 55.1 Å². The van der Waals surface area contributed by atoms with Crippen LogP contribution in [0, 0.1) is 0 Å². The Morgan fingerprint density at radius 1 is 0.974 bits per heavy atom. The van der Waals surface area contributed by atoms with Gasteiger partial charge in [0.05, 0.1) is 26.4 Å². The number of benzene rings is 3. The fraction of sp³-hybridized carbons (Fsp3) is 0.290. The predicted molar refractivity (Wildman–Crippen MR) is 148 cm³/mol. The number of aliphatic hydroxyl groups is 2. The van der Waals surface area contributed by atoms with Crippen molar-refractivity contribution in [1.29, 1.82) is 0 Å². The Bertz CT molecular complexity index is 1380. The molecule has 1 aromatic heterocycles. The average Bonchev–Trinajstić information content (AvgIpc) is 3.36. The number of methoxy groups -OCH3 is 1. The van der Waals surface area contributed by atoms with Crippen LogP contribution in [0.25, 0.3) is 22.3 Å². The first-order chi connectivity index (χ1) is 19.0. The van der Waals surface area contributed by atoms with Gasteiger partial charge in [0.25, 0.3) is 0 Å². The second-order valence-corrected chi connectivity index (χ2v) is 9.20. The number of aryl methyl sites for hydroxylation is 1. The molecule has 8 nitrogen and oxygen atoms in total. The SMILES string of the molecule is COc1cc(CCC(=O)N[C@H](CO)Cc2ccccc2)cc2c(C(=O)OCCCO)c(-c3ccccc3)oc12. The van der Waals surface area contributed by atoms with Crippen molar-refractivity contribution in [2.45, 2.75) is 31.7 Å². The van der Waals surface area contributed by atoms with Gasteiger partial charge >= 0.3 is 5.97 Å². The van der Waals surface area contributed by atoms with E-state index in [1.165, 1.54) is 7.11 Å². The lowest BCUT2D eigenvalue weighted by Gasteiger charge is -2.16. The third-order valence-corrected chi connectivity index (χ3v) is 6.36. The maximum absolute atomic E-state index is 13.2. The lowest BCUT2D eigenvalue weighted by atomic mass is 10.0. The number of carbonyl (C=O) groups excluding carboxylic acids is 2. The summed E-state index contributed by atoms with van der Waals surface area (Å²) in [4.78, 5) is 25.9. The fourth-order valence-electron chi connectivity index (χ4n) is 4.44. The predicted octanol–water partition coefficient (Wildman–Crippen LogP) is 4.30. The lowest BCUT2D eigenvalue weighted by molar-refractivity contribution is -0.122. The molecule has 0 saturated carbocycles. The van der Waals surface area contributed by atoms with Crippen molar-refractivity contribution in [3.8, 4) is 17.1 Å². The molecule has 39 heavy (non-hydrogen) atoms. The van der Waals surface area contributed by atoms with Gasteiger partial charge < -0.3 is 29.4 Å². The molecule has 0 spiro atoms. The number of hydrogen-bond donors (Lipinski definition) is 3. The number of carbonyl (C=O) groups is 2. The summed E-state index contributed by atoms with van der Waals surface area (Å²) in [7, 11) is 1.52. The van der Waals surface area contributed by atoms with Crippen LogP contribution in [-0.2, 0) is 22.4 Å². The number of amides is 1. The van der Waals surface area contributed by atoms with E-state index in [1.807, 2.05) is 66.7 Å². The van der Waals surface area contributed by atoms with Crippen molar-refractivity contribution in [3.05, 3.63) is 89.5 Å². The molecule has 0 saturated heterocycles. The summed E-state index contributed by atoms with van der Waals surface area (Å²) < 4.78 is 17.2. The van der Waals surface area contributed by atoms with E-state index in [0.717, 1.165) is 11.1 Å². The molecule has 0 bridgehead atoms. The molecule has 3 N–H and O–H groups in total. The normalized spacial score (nSPS) is 11.8. The van der Waals surface area contributed by atoms with E-state index in [1.54, 1.807) is 6.07 Å². The number of fused-ring (bicyclic) bond motifs is 1. The molecule has 3 aromatic carbocycles. The van der Waals surface area contributed by atoms with Gasteiger partial charge in [-0.3, -0.25) is 4.79 Å². The Morgan fingerprint density at radius 2 is 1.69 bits per heavy atom. The van der Waals surface area contributed by atoms with Crippen molar-refractivity contribution in [2.24, 2.45) is 0 Å². The van der Waals surface area contributed by atoms with E-state index in [2.05, 4.69) is 5.32 Å². The summed E-state index contributed by atoms with van der Waals surface area (Å²) in [5.41, 5.74) is 3.19. The molecule has 4 rings (SSSR count). The van der Waals surface area contributed by atoms with Crippen LogP contribution in [0.1, 0.15) is 34.3 Å². The Morgan fingerprint density at radius 3 is 2.36 bits per heavy atom. The monoisotopic (exact) mass is 531 g/mol. The van der Waals surface area contributed by atoms with Gasteiger partial charge in [-0.2, -0.15) is 0 Å². The zero-order valence-electron chi connectivity index (χ0n) is 21.9. The summed E-state index contributed by atoms with van der Waals surface area (Å²) in [5, 5.41) is 22.3. The number of hydrogen-bond acceptors (Lipinski definition) is 7. The molecule has 4 aromatic rings. The van der Waals surface area contributed by atoms with Crippen molar-refractivity contribution < 1.29 is 33.7 Å². The van der Waals surface area contributed by atoms with Gasteiger partial charge in [0.2, 0.25) is 5.91 Å². The van der Waals surface area contributed by atoms with Gasteiger partial charge in [-0.25, -0.2) is 4.79 Å². The Labute approximate surface area is 227 Å². The van der Waals surface area contributed by atoms with E-state index in [9.17, 15) is 14.7 Å². The summed E-state index contributed by atoms with van der Waals surface area (Å²) in [5.74, 6) is 0.0425. The van der Waals surface area contributed by atoms with Crippen LogP contribution >= 0.6 is 0 Å². The molecule has 0 radical (unpaired) electrons. The molecule has 1 heterocycles. The van der Waals surface area contributed by atoms with Gasteiger partial charge in [-0.15, -0.1) is 0 Å². The number of furan rings is 1. The van der Waals surface area contributed by atoms with Gasteiger partial charge in [0.15, 0.2) is 11.3 Å². The van der Waals surface area contributed by atoms with Crippen LogP contribution in [0.4, 0.5) is 0 Å². The topological polar surface area (TPSA) is 118 Å². The van der Waals surface area contributed by atoms with Crippen molar-refractivity contribution in [3.63, 3.8) is 0 Å². The highest BCUT2D eigenvalue weighted by atomic mass is 16.5. The van der Waals surface area contributed by atoms with Crippen LogP contribution in [0.15, 0.2) is 77.2 Å². The first kappa shape index (κ1) is 27.9. The van der Waals surface area contributed by atoms with E-state index < -0.39 is 5.97 Å². The first-order valence-corrected chi connectivity index (χ1v) is 12.9. The highest BCUT2D eigenvalue weighted by molar-refractivity contribution is 6.10. The molecule has 0 fully saturated rings. The molecule has 1 atom stereocenters. The van der Waals surface area contributed by atoms with Gasteiger partial charge in [0.1, 0.15) is 11.3 Å². The van der Waals surface area contributed by atoms with Crippen LogP contribution in [0.5, 0.6) is 5.75 Å². The number of esters is 1. The highest BCUT2D eigenvalue weighted by Crippen LogP contribution is 2.39. The third kappa shape index (κ3) is 7.04. The fourth-order valence-corrected chi connectivity index (χ4v) is 4.44. The molecular formula is C31H33NO7. The minimum absolute atomic E-state index is 0.0717. The Kier molecular flexibility index (Phi) is 9.72. The number of rotatable bonds is 13. The van der Waals surface area contributed by atoms with Gasteiger partial charge in [-0.1, -0.05) is 60.7 Å². The smallest absolute Gasteiger partial charge is 0.342 e. The zero-order valence-corrected chi connectivity index (χ0v) is 21.9. The average molecular weight is 532 g/mol. The quantitative estimate of drug-likeness (QED) is 0.174. The highest BCUT2D eigenvalue weighted by Gasteiger charge is 2.26. The van der Waals surface area contributed by atoms with E-state index >= 15 is 0 Å².